The molecule has 0 bridgehead atoms. The van der Waals surface area contributed by atoms with Crippen molar-refractivity contribution in [3.63, 3.8) is 0 Å². The van der Waals surface area contributed by atoms with Crippen molar-refractivity contribution in [3.05, 3.63) is 210 Å². The smallest absolute Gasteiger partial charge is 0.269 e. The molecule has 398 valence electrons. The van der Waals surface area contributed by atoms with Gasteiger partial charge in [0.15, 0.2) is 0 Å². The number of imidazole rings is 1. The molecule has 0 saturated heterocycles. The van der Waals surface area contributed by atoms with Crippen LogP contribution in [-0.2, 0) is 27.1 Å². The monoisotopic (exact) mass is 1050 g/mol. The Morgan fingerprint density at radius 1 is 0.500 bits per heavy atom. The third-order valence-corrected chi connectivity index (χ3v) is 18.5. The number of nitrogens with zero attached hydrogens (tertiary/aromatic N) is 4. The number of ether oxygens (including phenoxy) is 1. The number of hydrogen-bond acceptors (Lipinski definition) is 3. The van der Waals surface area contributed by atoms with Crippen LogP contribution < -0.4 is 9.30 Å². The first-order valence-electron chi connectivity index (χ1n) is 28.8. The van der Waals surface area contributed by atoms with Gasteiger partial charge in [0.2, 0.25) is 0 Å². The van der Waals surface area contributed by atoms with Crippen LogP contribution in [0.25, 0.3) is 94.2 Å². The lowest BCUT2D eigenvalue weighted by molar-refractivity contribution is -0.571. The zero-order valence-electron chi connectivity index (χ0n) is 48.2. The van der Waals surface area contributed by atoms with E-state index >= 15 is 0 Å². The van der Waals surface area contributed by atoms with Crippen molar-refractivity contribution in [2.75, 3.05) is 0 Å². The Morgan fingerprint density at radius 3 is 1.80 bits per heavy atom. The van der Waals surface area contributed by atoms with Gasteiger partial charge < -0.3 is 9.15 Å². The molecule has 4 heterocycles. The molecular formula is C74H70N4O2. The van der Waals surface area contributed by atoms with Gasteiger partial charge in [0, 0.05) is 39.9 Å². The first-order valence-corrected chi connectivity index (χ1v) is 28.8. The summed E-state index contributed by atoms with van der Waals surface area (Å²) >= 11 is 0. The van der Waals surface area contributed by atoms with Gasteiger partial charge in [0.05, 0.1) is 33.4 Å². The Labute approximate surface area is 470 Å². The van der Waals surface area contributed by atoms with E-state index in [2.05, 4.69) is 248 Å². The lowest BCUT2D eigenvalue weighted by Gasteiger charge is -2.42. The van der Waals surface area contributed by atoms with E-state index in [-0.39, 0.29) is 27.1 Å². The van der Waals surface area contributed by atoms with Gasteiger partial charge in [-0.05, 0) is 157 Å². The fourth-order valence-electron chi connectivity index (χ4n) is 13.5. The van der Waals surface area contributed by atoms with Gasteiger partial charge in [0.1, 0.15) is 28.5 Å². The molecule has 80 heavy (non-hydrogen) atoms. The standard InChI is InChI=1S/C74H70N4O2/c1-70(2,3)48-32-37-75-68(40-48)78-64-42-51(28-29-54(64)56-43-57-55-20-12-15-25-66(55)80-67(57)44-65(56)78)79-50-19-16-18-49(41-50)76-45-77(63-24-14-13-23-62(63)76)69-52(46-26-30-58-60(38-46)73(8,9)35-33-71(58,4)5)21-17-22-53(69)47-27-31-59-61(39-47)74(10,11)36-34-72(59,6)7/h12-32,37-44H,33-36H2,1-11H3. The predicted octanol–water partition coefficient (Wildman–Crippen LogP) is 19.2. The highest BCUT2D eigenvalue weighted by molar-refractivity contribution is 6.17. The zero-order valence-corrected chi connectivity index (χ0v) is 48.2. The number of aromatic nitrogens is 4. The fraction of sp³-hybridized carbons (Fsp3) is 0.270. The molecule has 0 atom stereocenters. The molecule has 0 N–H and O–H groups in total. The lowest BCUT2D eigenvalue weighted by Crippen LogP contribution is -2.34. The zero-order chi connectivity index (χ0) is 55.3. The van der Waals surface area contributed by atoms with Crippen LogP contribution in [-0.4, -0.2) is 14.1 Å². The molecule has 0 amide bonds. The summed E-state index contributed by atoms with van der Waals surface area (Å²) in [7, 11) is 0. The molecule has 0 unspecified atom stereocenters. The Bertz CT molecular complexity index is 4410. The van der Waals surface area contributed by atoms with Crippen molar-refractivity contribution in [1.29, 1.82) is 0 Å². The van der Waals surface area contributed by atoms with E-state index in [0.717, 1.165) is 96.3 Å². The minimum absolute atomic E-state index is 0.0559. The molecule has 0 saturated carbocycles. The van der Waals surface area contributed by atoms with Crippen LogP contribution in [0.15, 0.2) is 180 Å². The molecule has 0 fully saturated rings. The van der Waals surface area contributed by atoms with E-state index < -0.39 is 0 Å². The first-order chi connectivity index (χ1) is 38.2. The van der Waals surface area contributed by atoms with Crippen molar-refractivity contribution < 1.29 is 13.7 Å². The molecule has 14 rings (SSSR count). The molecular weight excluding hydrogens is 977 g/mol. The highest BCUT2D eigenvalue weighted by Gasteiger charge is 2.39. The van der Waals surface area contributed by atoms with Crippen LogP contribution in [0.4, 0.5) is 0 Å². The predicted molar refractivity (Wildman–Crippen MR) is 330 cm³/mol. The van der Waals surface area contributed by atoms with Crippen LogP contribution in [0.3, 0.4) is 0 Å². The number of rotatable bonds is 7. The van der Waals surface area contributed by atoms with Crippen LogP contribution in [0, 0.1) is 6.33 Å². The third kappa shape index (κ3) is 8.03. The normalized spacial score (nSPS) is 16.4. The second-order valence-electron chi connectivity index (χ2n) is 26.7. The Balaban J connectivity index is 0.916. The maximum absolute atomic E-state index is 6.96. The largest absolute Gasteiger partial charge is 0.458 e. The van der Waals surface area contributed by atoms with Crippen LogP contribution in [0.5, 0.6) is 11.5 Å². The van der Waals surface area contributed by atoms with E-state index in [1.165, 1.54) is 62.9 Å². The Morgan fingerprint density at radius 2 is 1.11 bits per heavy atom. The van der Waals surface area contributed by atoms with Crippen LogP contribution in [0.1, 0.15) is 130 Å². The summed E-state index contributed by atoms with van der Waals surface area (Å²) < 4.78 is 20.2. The molecule has 0 radical (unpaired) electrons. The van der Waals surface area contributed by atoms with E-state index in [1.54, 1.807) is 0 Å². The summed E-state index contributed by atoms with van der Waals surface area (Å²) in [5.41, 5.74) is 20.0. The number of hydrogen-bond donors (Lipinski definition) is 0. The quantitative estimate of drug-likeness (QED) is 0.118. The van der Waals surface area contributed by atoms with Crippen molar-refractivity contribution in [1.82, 2.24) is 14.1 Å². The van der Waals surface area contributed by atoms with Gasteiger partial charge in [-0.1, -0.05) is 179 Å². The highest BCUT2D eigenvalue weighted by atomic mass is 16.5. The van der Waals surface area contributed by atoms with Gasteiger partial charge in [-0.3, -0.25) is 13.7 Å². The minimum Gasteiger partial charge on any atom is -0.458 e. The average Bonchev–Trinajstić information content (AvgIpc) is 4.15. The molecule has 0 aliphatic heterocycles. The van der Waals surface area contributed by atoms with Crippen molar-refractivity contribution in [2.45, 2.75) is 129 Å². The summed E-state index contributed by atoms with van der Waals surface area (Å²) in [6.07, 6.45) is 10.6. The SMILES string of the molecule is CC(C)(C)c1ccnc(-n2c3cc(Oc4cccc(-n5[c-][n+](-c6c(-c7ccc8c(c7)C(C)(C)CCC8(C)C)cccc6-c6ccc7c(c6)C(C)(C)CCC7(C)C)c6ccccc65)c4)ccc3c3cc4c(cc32)oc2ccccc24)c1. The van der Waals surface area contributed by atoms with E-state index in [9.17, 15) is 0 Å². The molecule has 2 aliphatic carbocycles. The minimum atomic E-state index is -0.0673. The molecule has 8 aromatic carbocycles. The van der Waals surface area contributed by atoms with E-state index in [1.807, 2.05) is 24.4 Å². The van der Waals surface area contributed by atoms with Gasteiger partial charge in [-0.2, -0.15) is 0 Å². The molecule has 0 spiro atoms. The highest BCUT2D eigenvalue weighted by Crippen LogP contribution is 2.50. The van der Waals surface area contributed by atoms with Crippen molar-refractivity contribution in [3.8, 4) is 50.9 Å². The summed E-state index contributed by atoms with van der Waals surface area (Å²) in [5.74, 6) is 2.29. The number of para-hydroxylation sites is 4. The molecule has 2 aliphatic rings. The average molecular weight is 1050 g/mol. The number of furan rings is 1. The van der Waals surface area contributed by atoms with Gasteiger partial charge >= 0.3 is 0 Å². The number of fused-ring (bicyclic) bond motifs is 9. The van der Waals surface area contributed by atoms with Crippen LogP contribution >= 0.6 is 0 Å². The second kappa shape index (κ2) is 17.6. The number of pyridine rings is 1. The summed E-state index contributed by atoms with van der Waals surface area (Å²) in [5, 5.41) is 4.43. The summed E-state index contributed by atoms with van der Waals surface area (Å²) in [4.78, 5) is 5.01. The lowest BCUT2D eigenvalue weighted by atomic mass is 9.62. The molecule has 4 aromatic heterocycles. The molecule has 12 aromatic rings. The first kappa shape index (κ1) is 50.0. The van der Waals surface area contributed by atoms with Crippen molar-refractivity contribution >= 4 is 54.8 Å². The van der Waals surface area contributed by atoms with Crippen LogP contribution in [0.2, 0.25) is 0 Å². The molecule has 6 heteroatoms. The van der Waals surface area contributed by atoms with Gasteiger partial charge in [0.25, 0.3) is 6.33 Å². The maximum Gasteiger partial charge on any atom is 0.269 e. The Hall–Kier alpha value is -8.22. The second-order valence-corrected chi connectivity index (χ2v) is 26.7. The summed E-state index contributed by atoms with van der Waals surface area (Å²) in [6.45, 7) is 26.1. The topological polar surface area (TPSA) is 49.0 Å². The van der Waals surface area contributed by atoms with E-state index in [4.69, 9.17) is 14.1 Å². The van der Waals surface area contributed by atoms with E-state index in [0.29, 0.717) is 0 Å². The summed E-state index contributed by atoms with van der Waals surface area (Å²) in [6, 6.07) is 62.1. The van der Waals surface area contributed by atoms with Crippen molar-refractivity contribution in [2.24, 2.45) is 0 Å². The Kier molecular flexibility index (Phi) is 11.0. The number of benzene rings is 8. The van der Waals surface area contributed by atoms with Gasteiger partial charge in [-0.25, -0.2) is 4.98 Å². The third-order valence-electron chi connectivity index (χ3n) is 18.5. The van der Waals surface area contributed by atoms with Gasteiger partial charge in [-0.15, -0.1) is 0 Å². The fourth-order valence-corrected chi connectivity index (χ4v) is 13.5. The molecule has 6 nitrogen and oxygen atoms in total. The maximum atomic E-state index is 6.96.